The highest BCUT2D eigenvalue weighted by Gasteiger charge is 2.12. The zero-order chi connectivity index (χ0) is 13.4. The Morgan fingerprint density at radius 3 is 2.61 bits per heavy atom. The molecule has 0 aliphatic heterocycles. The lowest BCUT2D eigenvalue weighted by molar-refractivity contribution is 0.425. The summed E-state index contributed by atoms with van der Waals surface area (Å²) in [6, 6.07) is 4.05. The Bertz CT molecular complexity index is 435. The van der Waals surface area contributed by atoms with E-state index in [0.717, 1.165) is 25.3 Å². The van der Waals surface area contributed by atoms with Gasteiger partial charge in [-0.1, -0.05) is 44.1 Å². The predicted molar refractivity (Wildman–Crippen MR) is 71.9 cm³/mol. The largest absolute Gasteiger partial charge is 0.488 e. The lowest BCUT2D eigenvalue weighted by atomic mass is 9.80. The van der Waals surface area contributed by atoms with Crippen LogP contribution in [0.25, 0.3) is 0 Å². The van der Waals surface area contributed by atoms with Crippen LogP contribution < -0.4 is 5.46 Å². The van der Waals surface area contributed by atoms with Gasteiger partial charge in [-0.15, -0.1) is 0 Å². The van der Waals surface area contributed by atoms with Gasteiger partial charge in [0.15, 0.2) is 0 Å². The van der Waals surface area contributed by atoms with Crippen LogP contribution in [0.3, 0.4) is 0 Å². The highest BCUT2D eigenvalue weighted by Crippen LogP contribution is 2.05. The summed E-state index contributed by atoms with van der Waals surface area (Å²) in [6.45, 7) is 2.15. The molecular formula is C14H18BFO2. The lowest BCUT2D eigenvalue weighted by Gasteiger charge is -2.00. The maximum Gasteiger partial charge on any atom is 0.488 e. The maximum absolute atomic E-state index is 13.5. The zero-order valence-electron chi connectivity index (χ0n) is 10.6. The van der Waals surface area contributed by atoms with E-state index in [-0.39, 0.29) is 5.46 Å². The highest BCUT2D eigenvalue weighted by molar-refractivity contribution is 6.58. The first kappa shape index (κ1) is 14.8. The Hall–Kier alpha value is -1.31. The van der Waals surface area contributed by atoms with E-state index in [1.165, 1.54) is 25.0 Å². The molecule has 0 unspecified atom stereocenters. The molecule has 0 saturated heterocycles. The van der Waals surface area contributed by atoms with Crippen LogP contribution in [-0.4, -0.2) is 17.2 Å². The van der Waals surface area contributed by atoms with E-state index in [0.29, 0.717) is 5.56 Å². The van der Waals surface area contributed by atoms with Crippen LogP contribution in [-0.2, 0) is 0 Å². The van der Waals surface area contributed by atoms with Crippen LogP contribution in [0, 0.1) is 17.7 Å². The van der Waals surface area contributed by atoms with Gasteiger partial charge in [-0.3, -0.25) is 0 Å². The second kappa shape index (κ2) is 7.91. The van der Waals surface area contributed by atoms with Crippen molar-refractivity contribution in [2.45, 2.75) is 39.0 Å². The van der Waals surface area contributed by atoms with E-state index in [1.54, 1.807) is 0 Å². The summed E-state index contributed by atoms with van der Waals surface area (Å²) in [4.78, 5) is 0. The fourth-order valence-corrected chi connectivity index (χ4v) is 1.59. The molecule has 0 saturated carbocycles. The van der Waals surface area contributed by atoms with Gasteiger partial charge in [-0.25, -0.2) is 4.39 Å². The normalized spacial score (nSPS) is 9.78. The molecule has 0 spiro atoms. The second-order valence-electron chi connectivity index (χ2n) is 4.23. The average molecular weight is 248 g/mol. The molecule has 0 fully saturated rings. The third kappa shape index (κ3) is 4.91. The van der Waals surface area contributed by atoms with Gasteiger partial charge in [0.2, 0.25) is 0 Å². The molecule has 0 radical (unpaired) electrons. The van der Waals surface area contributed by atoms with Gasteiger partial charge in [0.05, 0.1) is 5.56 Å². The van der Waals surface area contributed by atoms with E-state index < -0.39 is 12.9 Å². The smallest absolute Gasteiger partial charge is 0.423 e. The quantitative estimate of drug-likeness (QED) is 0.474. The molecule has 0 heterocycles. The molecule has 0 aliphatic rings. The Balaban J connectivity index is 2.55. The minimum atomic E-state index is -1.64. The summed E-state index contributed by atoms with van der Waals surface area (Å²) < 4.78 is 13.5. The van der Waals surface area contributed by atoms with Gasteiger partial charge in [0, 0.05) is 6.42 Å². The van der Waals surface area contributed by atoms with Crippen LogP contribution in [0.15, 0.2) is 18.2 Å². The molecule has 2 nitrogen and oxygen atoms in total. The lowest BCUT2D eigenvalue weighted by Crippen LogP contribution is -2.30. The molecule has 0 aliphatic carbocycles. The van der Waals surface area contributed by atoms with Crippen molar-refractivity contribution in [1.29, 1.82) is 0 Å². The first-order chi connectivity index (χ1) is 8.65. The Kier molecular flexibility index (Phi) is 6.49. The number of rotatable bonds is 5. The van der Waals surface area contributed by atoms with E-state index in [4.69, 9.17) is 10.0 Å². The van der Waals surface area contributed by atoms with Gasteiger partial charge in [0.25, 0.3) is 0 Å². The molecule has 0 aromatic heterocycles. The molecular weight excluding hydrogens is 230 g/mol. The third-order valence-corrected chi connectivity index (χ3v) is 2.67. The third-order valence-electron chi connectivity index (χ3n) is 2.67. The topological polar surface area (TPSA) is 40.5 Å². The molecule has 1 rings (SSSR count). The number of hydrogen-bond acceptors (Lipinski definition) is 2. The minimum absolute atomic E-state index is 0.140. The SMILES string of the molecule is CCCCCCC#Cc1ccc(B(O)O)cc1F. The summed E-state index contributed by atoms with van der Waals surface area (Å²) in [5, 5.41) is 17.8. The van der Waals surface area contributed by atoms with Crippen molar-refractivity contribution >= 4 is 12.6 Å². The van der Waals surface area contributed by atoms with Gasteiger partial charge in [-0.2, -0.15) is 0 Å². The average Bonchev–Trinajstić information content (AvgIpc) is 2.35. The summed E-state index contributed by atoms with van der Waals surface area (Å²) in [7, 11) is -1.64. The van der Waals surface area contributed by atoms with Crippen molar-refractivity contribution in [3.05, 3.63) is 29.6 Å². The molecule has 96 valence electrons. The van der Waals surface area contributed by atoms with Gasteiger partial charge in [0.1, 0.15) is 5.82 Å². The highest BCUT2D eigenvalue weighted by atomic mass is 19.1. The van der Waals surface area contributed by atoms with E-state index in [9.17, 15) is 4.39 Å². The van der Waals surface area contributed by atoms with Gasteiger partial charge in [-0.05, 0) is 24.0 Å². The van der Waals surface area contributed by atoms with Gasteiger partial charge < -0.3 is 10.0 Å². The van der Waals surface area contributed by atoms with Crippen LogP contribution >= 0.6 is 0 Å². The van der Waals surface area contributed by atoms with Crippen LogP contribution in [0.5, 0.6) is 0 Å². The predicted octanol–water partition coefficient (Wildman–Crippen LogP) is 1.83. The second-order valence-corrected chi connectivity index (χ2v) is 4.23. The number of hydrogen-bond donors (Lipinski definition) is 2. The molecule has 0 bridgehead atoms. The van der Waals surface area contributed by atoms with Crippen molar-refractivity contribution in [3.63, 3.8) is 0 Å². The zero-order valence-corrected chi connectivity index (χ0v) is 10.6. The van der Waals surface area contributed by atoms with Crippen molar-refractivity contribution in [3.8, 4) is 11.8 Å². The summed E-state index contributed by atoms with van der Waals surface area (Å²) >= 11 is 0. The number of benzene rings is 1. The fourth-order valence-electron chi connectivity index (χ4n) is 1.59. The standard InChI is InChI=1S/C14H18BFO2/c1-2-3-4-5-6-7-8-12-9-10-13(15(17)18)11-14(12)16/h9-11,17-18H,2-6H2,1H3. The van der Waals surface area contributed by atoms with Crippen molar-refractivity contribution in [2.24, 2.45) is 0 Å². The number of halogens is 1. The van der Waals surface area contributed by atoms with Gasteiger partial charge >= 0.3 is 7.12 Å². The van der Waals surface area contributed by atoms with Crippen molar-refractivity contribution < 1.29 is 14.4 Å². The first-order valence-corrected chi connectivity index (χ1v) is 6.29. The van der Waals surface area contributed by atoms with E-state index in [1.807, 2.05) is 0 Å². The van der Waals surface area contributed by atoms with Crippen LogP contribution in [0.1, 0.15) is 44.6 Å². The molecule has 2 N–H and O–H groups in total. The van der Waals surface area contributed by atoms with Crippen LogP contribution in [0.4, 0.5) is 4.39 Å². The molecule has 4 heteroatoms. The maximum atomic E-state index is 13.5. The minimum Gasteiger partial charge on any atom is -0.423 e. The molecule has 0 atom stereocenters. The Morgan fingerprint density at radius 2 is 2.00 bits per heavy atom. The summed E-state index contributed by atoms with van der Waals surface area (Å²) in [6.07, 6.45) is 5.36. The number of unbranched alkanes of at least 4 members (excludes halogenated alkanes) is 4. The molecule has 0 amide bonds. The molecule has 1 aromatic carbocycles. The fraction of sp³-hybridized carbons (Fsp3) is 0.429. The molecule has 18 heavy (non-hydrogen) atoms. The Morgan fingerprint density at radius 1 is 1.22 bits per heavy atom. The summed E-state index contributed by atoms with van der Waals surface area (Å²) in [5.41, 5.74) is 0.441. The summed E-state index contributed by atoms with van der Waals surface area (Å²) in [5.74, 6) is 5.19. The first-order valence-electron chi connectivity index (χ1n) is 6.29. The van der Waals surface area contributed by atoms with E-state index >= 15 is 0 Å². The van der Waals surface area contributed by atoms with Crippen molar-refractivity contribution in [1.82, 2.24) is 0 Å². The van der Waals surface area contributed by atoms with E-state index in [2.05, 4.69) is 18.8 Å². The monoisotopic (exact) mass is 248 g/mol. The van der Waals surface area contributed by atoms with Crippen LogP contribution in [0.2, 0.25) is 0 Å². The van der Waals surface area contributed by atoms with Crippen molar-refractivity contribution in [2.75, 3.05) is 0 Å². The molecule has 1 aromatic rings. The Labute approximate surface area is 108 Å².